The first-order valence-electron chi connectivity index (χ1n) is 10.4. The highest BCUT2D eigenvalue weighted by Crippen LogP contribution is 2.42. The zero-order chi connectivity index (χ0) is 21.7. The molecule has 3 N–H and O–H groups in total. The predicted molar refractivity (Wildman–Crippen MR) is 117 cm³/mol. The van der Waals surface area contributed by atoms with Gasteiger partial charge in [-0.3, -0.25) is 9.59 Å². The third-order valence-electron chi connectivity index (χ3n) is 6.14. The van der Waals surface area contributed by atoms with Gasteiger partial charge < -0.3 is 20.4 Å². The Morgan fingerprint density at radius 1 is 1.23 bits per heavy atom. The molecule has 1 aliphatic carbocycles. The van der Waals surface area contributed by atoms with Crippen LogP contribution in [0.25, 0.3) is 22.0 Å². The van der Waals surface area contributed by atoms with Crippen molar-refractivity contribution in [2.45, 2.75) is 25.7 Å². The van der Waals surface area contributed by atoms with Crippen molar-refractivity contribution in [3.63, 3.8) is 0 Å². The van der Waals surface area contributed by atoms with Gasteiger partial charge in [0.15, 0.2) is 0 Å². The third kappa shape index (κ3) is 3.00. The van der Waals surface area contributed by atoms with Crippen LogP contribution in [0.3, 0.4) is 0 Å². The predicted octanol–water partition coefficient (Wildman–Crippen LogP) is 3.86. The zero-order valence-electron chi connectivity index (χ0n) is 17.0. The summed E-state index contributed by atoms with van der Waals surface area (Å²) in [5.41, 5.74) is 9.92. The zero-order valence-corrected chi connectivity index (χ0v) is 17.0. The maximum Gasteiger partial charge on any atom is 0.250 e. The molecule has 0 unspecified atom stereocenters. The molecule has 0 fully saturated rings. The number of carbonyl (C=O) groups is 2. The lowest BCUT2D eigenvalue weighted by molar-refractivity contribution is -0.114. The Labute approximate surface area is 178 Å². The molecule has 0 spiro atoms. The standard InChI is InChI=1S/C24H22FN3O3/c1-2-20(29)28-9-10-31-19-8-7-13(11-18(19)28)21-16(25)12-15(24(26)30)23-22(21)14-5-3-4-6-17(14)27-23/h2,7-8,11-12,27H,1,3-6,9-10H2,(H2,26,30). The molecular weight excluding hydrogens is 397 g/mol. The number of benzene rings is 2. The number of hydrogen-bond acceptors (Lipinski definition) is 3. The molecule has 31 heavy (non-hydrogen) atoms. The topological polar surface area (TPSA) is 88.4 Å². The fourth-order valence-electron chi connectivity index (χ4n) is 4.74. The first-order chi connectivity index (χ1) is 15.0. The highest BCUT2D eigenvalue weighted by molar-refractivity contribution is 6.11. The van der Waals surface area contributed by atoms with Crippen LogP contribution in [0.15, 0.2) is 36.9 Å². The summed E-state index contributed by atoms with van der Waals surface area (Å²) in [5.74, 6) is -0.871. The summed E-state index contributed by atoms with van der Waals surface area (Å²) in [6.45, 7) is 4.34. The molecule has 0 bridgehead atoms. The number of nitrogens with one attached hydrogen (secondary N) is 1. The van der Waals surface area contributed by atoms with E-state index in [1.807, 2.05) is 0 Å². The Balaban J connectivity index is 1.78. The Hall–Kier alpha value is -3.61. The summed E-state index contributed by atoms with van der Waals surface area (Å²) in [4.78, 5) is 29.3. The van der Waals surface area contributed by atoms with Crippen molar-refractivity contribution in [3.8, 4) is 16.9 Å². The number of amides is 2. The lowest BCUT2D eigenvalue weighted by Gasteiger charge is -2.29. The van der Waals surface area contributed by atoms with Gasteiger partial charge in [0.2, 0.25) is 0 Å². The molecule has 0 saturated carbocycles. The molecule has 2 aromatic carbocycles. The monoisotopic (exact) mass is 419 g/mol. The third-order valence-corrected chi connectivity index (χ3v) is 6.14. The van der Waals surface area contributed by atoms with Crippen LogP contribution in [0.2, 0.25) is 0 Å². The van der Waals surface area contributed by atoms with Gasteiger partial charge in [-0.25, -0.2) is 4.39 Å². The van der Waals surface area contributed by atoms with E-state index in [-0.39, 0.29) is 11.5 Å². The fourth-order valence-corrected chi connectivity index (χ4v) is 4.74. The van der Waals surface area contributed by atoms with Crippen LogP contribution in [-0.2, 0) is 17.6 Å². The van der Waals surface area contributed by atoms with Crippen LogP contribution in [0.5, 0.6) is 5.75 Å². The quantitative estimate of drug-likeness (QED) is 0.632. The average Bonchev–Trinajstić information content (AvgIpc) is 3.16. The molecule has 158 valence electrons. The number of nitrogens with two attached hydrogens (primary N) is 1. The van der Waals surface area contributed by atoms with Gasteiger partial charge in [0.05, 0.1) is 23.3 Å². The Morgan fingerprint density at radius 3 is 2.81 bits per heavy atom. The van der Waals surface area contributed by atoms with Crippen molar-refractivity contribution in [3.05, 3.63) is 59.6 Å². The van der Waals surface area contributed by atoms with Crippen molar-refractivity contribution in [1.29, 1.82) is 0 Å². The number of hydrogen-bond donors (Lipinski definition) is 2. The summed E-state index contributed by atoms with van der Waals surface area (Å²) in [5, 5.41) is 0.696. The highest BCUT2D eigenvalue weighted by atomic mass is 19.1. The Kier molecular flexibility index (Phi) is 4.54. The number of ether oxygens (including phenoxy) is 1. The van der Waals surface area contributed by atoms with Crippen LogP contribution >= 0.6 is 0 Å². The minimum atomic E-state index is -0.671. The molecule has 0 radical (unpaired) electrons. The molecule has 2 heterocycles. The Morgan fingerprint density at radius 2 is 2.03 bits per heavy atom. The number of carbonyl (C=O) groups excluding carboxylic acids is 2. The summed E-state index contributed by atoms with van der Waals surface area (Å²) in [6, 6.07) is 6.49. The number of nitrogens with zero attached hydrogens (tertiary/aromatic N) is 1. The molecule has 5 rings (SSSR count). The molecule has 0 atom stereocenters. The van der Waals surface area contributed by atoms with Crippen molar-refractivity contribution < 1.29 is 18.7 Å². The first-order valence-corrected chi connectivity index (χ1v) is 10.4. The van der Waals surface area contributed by atoms with E-state index in [9.17, 15) is 9.59 Å². The lowest BCUT2D eigenvalue weighted by Crippen LogP contribution is -2.36. The Bertz CT molecular complexity index is 1260. The van der Waals surface area contributed by atoms with Crippen LogP contribution in [0.1, 0.15) is 34.5 Å². The van der Waals surface area contributed by atoms with Gasteiger partial charge in [0, 0.05) is 16.6 Å². The minimum Gasteiger partial charge on any atom is -0.490 e. The van der Waals surface area contributed by atoms with Crippen LogP contribution in [0.4, 0.5) is 10.1 Å². The van der Waals surface area contributed by atoms with Gasteiger partial charge in [0.25, 0.3) is 11.8 Å². The number of rotatable bonds is 3. The van der Waals surface area contributed by atoms with E-state index in [0.29, 0.717) is 46.6 Å². The number of aromatic nitrogens is 1. The summed E-state index contributed by atoms with van der Waals surface area (Å²) in [6.07, 6.45) is 4.95. The van der Waals surface area contributed by atoms with Gasteiger partial charge in [0.1, 0.15) is 18.2 Å². The molecule has 0 saturated heterocycles. The van der Waals surface area contributed by atoms with Crippen LogP contribution in [0, 0.1) is 5.82 Å². The van der Waals surface area contributed by atoms with Gasteiger partial charge >= 0.3 is 0 Å². The second-order valence-electron chi connectivity index (χ2n) is 7.91. The lowest BCUT2D eigenvalue weighted by atomic mass is 9.90. The molecular formula is C24H22FN3O3. The number of anilines is 1. The number of halogens is 1. The van der Waals surface area contributed by atoms with E-state index in [1.54, 1.807) is 23.1 Å². The van der Waals surface area contributed by atoms with Crippen molar-refractivity contribution in [2.24, 2.45) is 5.73 Å². The van der Waals surface area contributed by atoms with E-state index < -0.39 is 11.7 Å². The SMILES string of the molecule is C=CC(=O)N1CCOc2ccc(-c3c(F)cc(C(N)=O)c4[nH]c5c(c34)CCCC5)cc21. The van der Waals surface area contributed by atoms with Crippen molar-refractivity contribution >= 4 is 28.4 Å². The smallest absolute Gasteiger partial charge is 0.250 e. The molecule has 7 heteroatoms. The van der Waals surface area contributed by atoms with Gasteiger partial charge in [-0.1, -0.05) is 12.6 Å². The van der Waals surface area contributed by atoms with E-state index in [1.165, 1.54) is 12.1 Å². The molecule has 2 aliphatic rings. The van der Waals surface area contributed by atoms with Crippen LogP contribution in [-0.4, -0.2) is 29.9 Å². The molecule has 1 aromatic heterocycles. The molecule has 3 aromatic rings. The molecule has 1 aliphatic heterocycles. The summed E-state index contributed by atoms with van der Waals surface area (Å²) in [7, 11) is 0. The number of H-pyrrole nitrogens is 1. The van der Waals surface area contributed by atoms with Crippen molar-refractivity contribution in [1.82, 2.24) is 4.98 Å². The van der Waals surface area contributed by atoms with Gasteiger partial charge in [-0.2, -0.15) is 0 Å². The van der Waals surface area contributed by atoms with Gasteiger partial charge in [-0.05, 0) is 61.1 Å². The normalized spacial score (nSPS) is 15.2. The first kappa shape index (κ1) is 19.4. The molecule has 2 amide bonds. The van der Waals surface area contributed by atoms with E-state index in [2.05, 4.69) is 11.6 Å². The maximum atomic E-state index is 15.5. The second kappa shape index (κ2) is 7.27. The largest absolute Gasteiger partial charge is 0.490 e. The van der Waals surface area contributed by atoms with Crippen LogP contribution < -0.4 is 15.4 Å². The summed E-state index contributed by atoms with van der Waals surface area (Å²) < 4.78 is 21.2. The van der Waals surface area contributed by atoms with E-state index in [0.717, 1.165) is 36.9 Å². The van der Waals surface area contributed by atoms with E-state index >= 15 is 4.39 Å². The van der Waals surface area contributed by atoms with E-state index in [4.69, 9.17) is 10.5 Å². The number of aromatic amines is 1. The minimum absolute atomic E-state index is 0.149. The number of primary amides is 1. The number of aryl methyl sites for hydroxylation is 2. The van der Waals surface area contributed by atoms with Gasteiger partial charge in [-0.15, -0.1) is 0 Å². The molecule has 6 nitrogen and oxygen atoms in total. The fraction of sp³-hybridized carbons (Fsp3) is 0.250. The summed E-state index contributed by atoms with van der Waals surface area (Å²) >= 11 is 0. The number of fused-ring (bicyclic) bond motifs is 4. The second-order valence-corrected chi connectivity index (χ2v) is 7.91. The highest BCUT2D eigenvalue weighted by Gasteiger charge is 2.27. The average molecular weight is 419 g/mol. The van der Waals surface area contributed by atoms with Crippen molar-refractivity contribution in [2.75, 3.05) is 18.1 Å². The maximum absolute atomic E-state index is 15.5.